The van der Waals surface area contributed by atoms with Gasteiger partial charge in [-0.3, -0.25) is 4.79 Å². The molecule has 4 N–H and O–H groups in total. The number of primary amides is 1. The van der Waals surface area contributed by atoms with E-state index in [1.165, 1.54) is 0 Å². The Bertz CT molecular complexity index is 196. The van der Waals surface area contributed by atoms with Gasteiger partial charge in [0.05, 0.1) is 0 Å². The van der Waals surface area contributed by atoms with E-state index in [1.54, 1.807) is 0 Å². The van der Waals surface area contributed by atoms with E-state index >= 15 is 0 Å². The summed E-state index contributed by atoms with van der Waals surface area (Å²) in [4.78, 5) is 21.4. The van der Waals surface area contributed by atoms with Crippen LogP contribution in [0.3, 0.4) is 0 Å². The van der Waals surface area contributed by atoms with Gasteiger partial charge in [-0.15, -0.1) is 0 Å². The van der Waals surface area contributed by atoms with Gasteiger partial charge < -0.3 is 16.4 Å². The first kappa shape index (κ1) is 11.7. The number of carbonyl (C=O) groups is 2. The molecule has 0 aromatic rings. The number of rotatable bonds is 3. The number of amides is 3. The molecule has 0 aliphatic rings. The molecule has 0 aliphatic heterocycles. The lowest BCUT2D eigenvalue weighted by Crippen LogP contribution is -2.42. The molecule has 0 aromatic carbocycles. The Hall–Kier alpha value is -1.26. The Balaban J connectivity index is 3.59. The molecule has 0 rings (SSSR count). The fourth-order valence-electron chi connectivity index (χ4n) is 0.780. The molecule has 0 saturated heterocycles. The molecule has 76 valence electrons. The van der Waals surface area contributed by atoms with Gasteiger partial charge in [0, 0.05) is 18.5 Å². The van der Waals surface area contributed by atoms with Crippen molar-refractivity contribution in [3.05, 3.63) is 0 Å². The monoisotopic (exact) mass is 187 g/mol. The standard InChI is InChI=1S/C8H17N3O2/c1-8(2,3)11-6(12)4-5-10-7(9)13/h4-5H2,1-3H3,(H,11,12)(H3,9,10,13). The number of carbonyl (C=O) groups excluding carboxylic acids is 2. The van der Waals surface area contributed by atoms with E-state index in [0.29, 0.717) is 0 Å². The number of nitrogens with one attached hydrogen (secondary N) is 2. The van der Waals surface area contributed by atoms with E-state index in [0.717, 1.165) is 0 Å². The maximum Gasteiger partial charge on any atom is 0.312 e. The molecule has 0 bridgehead atoms. The largest absolute Gasteiger partial charge is 0.352 e. The number of hydrogen-bond acceptors (Lipinski definition) is 2. The third-order valence-electron chi connectivity index (χ3n) is 1.17. The van der Waals surface area contributed by atoms with E-state index < -0.39 is 6.03 Å². The van der Waals surface area contributed by atoms with Crippen LogP contribution in [0.4, 0.5) is 4.79 Å². The summed E-state index contributed by atoms with van der Waals surface area (Å²) in [6.07, 6.45) is 0.250. The summed E-state index contributed by atoms with van der Waals surface area (Å²) in [7, 11) is 0. The third kappa shape index (κ3) is 8.65. The molecular weight excluding hydrogens is 170 g/mol. The average molecular weight is 187 g/mol. The zero-order valence-corrected chi connectivity index (χ0v) is 8.31. The summed E-state index contributed by atoms with van der Waals surface area (Å²) < 4.78 is 0. The molecule has 5 nitrogen and oxygen atoms in total. The molecule has 0 heterocycles. The first-order chi connectivity index (χ1) is 5.81. The van der Waals surface area contributed by atoms with Gasteiger partial charge in [0.1, 0.15) is 0 Å². The average Bonchev–Trinajstić information content (AvgIpc) is 1.81. The van der Waals surface area contributed by atoms with Crippen LogP contribution < -0.4 is 16.4 Å². The molecule has 0 atom stereocenters. The molecule has 0 unspecified atom stereocenters. The smallest absolute Gasteiger partial charge is 0.312 e. The van der Waals surface area contributed by atoms with Crippen molar-refractivity contribution in [3.8, 4) is 0 Å². The molecule has 13 heavy (non-hydrogen) atoms. The number of nitrogens with two attached hydrogens (primary N) is 1. The van der Waals surface area contributed by atoms with E-state index in [1.807, 2.05) is 20.8 Å². The summed E-state index contributed by atoms with van der Waals surface area (Å²) in [6.45, 7) is 5.96. The quantitative estimate of drug-likeness (QED) is 0.579. The van der Waals surface area contributed by atoms with Crippen molar-refractivity contribution in [2.45, 2.75) is 32.7 Å². The van der Waals surface area contributed by atoms with E-state index in [9.17, 15) is 9.59 Å². The van der Waals surface area contributed by atoms with Crippen molar-refractivity contribution in [1.29, 1.82) is 0 Å². The van der Waals surface area contributed by atoms with E-state index in [2.05, 4.69) is 10.6 Å². The van der Waals surface area contributed by atoms with Crippen LogP contribution in [-0.4, -0.2) is 24.0 Å². The highest BCUT2D eigenvalue weighted by molar-refractivity contribution is 5.78. The molecule has 0 radical (unpaired) electrons. The highest BCUT2D eigenvalue weighted by atomic mass is 16.2. The second-order valence-corrected chi connectivity index (χ2v) is 3.84. The second kappa shape index (κ2) is 4.69. The van der Waals surface area contributed by atoms with Gasteiger partial charge in [0.2, 0.25) is 5.91 Å². The van der Waals surface area contributed by atoms with Gasteiger partial charge in [0.25, 0.3) is 0 Å². The van der Waals surface area contributed by atoms with Crippen LogP contribution >= 0.6 is 0 Å². The highest BCUT2D eigenvalue weighted by Gasteiger charge is 2.12. The molecule has 0 spiro atoms. The summed E-state index contributed by atoms with van der Waals surface area (Å²) in [5, 5.41) is 5.10. The Morgan fingerprint density at radius 3 is 2.23 bits per heavy atom. The van der Waals surface area contributed by atoms with Gasteiger partial charge in [-0.2, -0.15) is 0 Å². The predicted octanol–water partition coefficient (Wildman–Crippen LogP) is -0.0405. The summed E-state index contributed by atoms with van der Waals surface area (Å²) in [5.41, 5.74) is 4.59. The normalized spacial score (nSPS) is 10.7. The molecule has 0 aromatic heterocycles. The van der Waals surface area contributed by atoms with Gasteiger partial charge in [-0.1, -0.05) is 0 Å². The predicted molar refractivity (Wildman–Crippen MR) is 50.1 cm³/mol. The first-order valence-electron chi connectivity index (χ1n) is 4.15. The van der Waals surface area contributed by atoms with Gasteiger partial charge >= 0.3 is 6.03 Å². The Labute approximate surface area is 78.1 Å². The van der Waals surface area contributed by atoms with Gasteiger partial charge in [-0.25, -0.2) is 4.79 Å². The maximum atomic E-state index is 11.1. The van der Waals surface area contributed by atoms with Gasteiger partial charge in [-0.05, 0) is 20.8 Å². The maximum absolute atomic E-state index is 11.1. The van der Waals surface area contributed by atoms with Crippen molar-refractivity contribution in [3.63, 3.8) is 0 Å². The number of hydrogen-bond donors (Lipinski definition) is 3. The van der Waals surface area contributed by atoms with Crippen molar-refractivity contribution >= 4 is 11.9 Å². The molecule has 0 fully saturated rings. The fourth-order valence-corrected chi connectivity index (χ4v) is 0.780. The topological polar surface area (TPSA) is 84.2 Å². The van der Waals surface area contributed by atoms with Crippen LogP contribution in [0, 0.1) is 0 Å². The molecule has 5 heteroatoms. The van der Waals surface area contributed by atoms with Crippen molar-refractivity contribution in [1.82, 2.24) is 10.6 Å². The second-order valence-electron chi connectivity index (χ2n) is 3.84. The minimum Gasteiger partial charge on any atom is -0.352 e. The minimum atomic E-state index is -0.608. The highest BCUT2D eigenvalue weighted by Crippen LogP contribution is 1.98. The van der Waals surface area contributed by atoms with Crippen molar-refractivity contribution in [2.75, 3.05) is 6.54 Å². The first-order valence-corrected chi connectivity index (χ1v) is 4.15. The Morgan fingerprint density at radius 2 is 1.85 bits per heavy atom. The van der Waals surface area contributed by atoms with Crippen LogP contribution in [0.15, 0.2) is 0 Å². The van der Waals surface area contributed by atoms with Crippen LogP contribution in [0.2, 0.25) is 0 Å². The summed E-state index contributed by atoms with van der Waals surface area (Å²) in [5.74, 6) is -0.0961. The lowest BCUT2D eigenvalue weighted by Gasteiger charge is -2.20. The van der Waals surface area contributed by atoms with Gasteiger partial charge in [0.15, 0.2) is 0 Å². The zero-order chi connectivity index (χ0) is 10.5. The zero-order valence-electron chi connectivity index (χ0n) is 8.31. The molecule has 3 amide bonds. The molecule has 0 aliphatic carbocycles. The number of urea groups is 1. The van der Waals surface area contributed by atoms with Crippen LogP contribution in [-0.2, 0) is 4.79 Å². The molecular formula is C8H17N3O2. The van der Waals surface area contributed by atoms with E-state index in [4.69, 9.17) is 5.73 Å². The minimum absolute atomic E-state index is 0.0961. The summed E-state index contributed by atoms with van der Waals surface area (Å²) in [6, 6.07) is -0.608. The fraction of sp³-hybridized carbons (Fsp3) is 0.750. The van der Waals surface area contributed by atoms with Crippen molar-refractivity contribution < 1.29 is 9.59 Å². The summed E-state index contributed by atoms with van der Waals surface area (Å²) >= 11 is 0. The Kier molecular flexibility index (Phi) is 4.23. The van der Waals surface area contributed by atoms with Crippen molar-refractivity contribution in [2.24, 2.45) is 5.73 Å². The lowest BCUT2D eigenvalue weighted by molar-refractivity contribution is -0.122. The Morgan fingerprint density at radius 1 is 1.31 bits per heavy atom. The third-order valence-corrected chi connectivity index (χ3v) is 1.17. The lowest BCUT2D eigenvalue weighted by atomic mass is 10.1. The SMILES string of the molecule is CC(C)(C)NC(=O)CCNC(N)=O. The van der Waals surface area contributed by atoms with Crippen LogP contribution in [0.5, 0.6) is 0 Å². The van der Waals surface area contributed by atoms with Crippen LogP contribution in [0.25, 0.3) is 0 Å². The van der Waals surface area contributed by atoms with E-state index in [-0.39, 0.29) is 24.4 Å². The van der Waals surface area contributed by atoms with Crippen LogP contribution in [0.1, 0.15) is 27.2 Å². The molecule has 0 saturated carbocycles.